The van der Waals surface area contributed by atoms with Crippen molar-refractivity contribution in [3.63, 3.8) is 0 Å². The first-order valence-electron chi connectivity index (χ1n) is 7.41. The van der Waals surface area contributed by atoms with Gasteiger partial charge in [0.2, 0.25) is 0 Å². The molecule has 3 rings (SSSR count). The smallest absolute Gasteiger partial charge is 0.323 e. The molecular formula is C15H18F3N3O. The number of rotatable bonds is 1. The van der Waals surface area contributed by atoms with Crippen molar-refractivity contribution in [2.75, 3.05) is 18.4 Å². The van der Waals surface area contributed by atoms with Crippen LogP contribution >= 0.6 is 0 Å². The number of alkyl halides is 3. The van der Waals surface area contributed by atoms with Crippen molar-refractivity contribution >= 4 is 11.7 Å². The molecule has 2 heterocycles. The van der Waals surface area contributed by atoms with Crippen LogP contribution in [0.3, 0.4) is 0 Å². The lowest BCUT2D eigenvalue weighted by Crippen LogP contribution is -2.41. The number of para-hydroxylation sites is 1. The third kappa shape index (κ3) is 3.19. The Morgan fingerprint density at radius 2 is 1.91 bits per heavy atom. The molecule has 2 unspecified atom stereocenters. The Hall–Kier alpha value is -1.76. The van der Waals surface area contributed by atoms with E-state index in [1.165, 1.54) is 18.2 Å². The predicted octanol–water partition coefficient (Wildman–Crippen LogP) is 3.06. The van der Waals surface area contributed by atoms with E-state index in [2.05, 4.69) is 10.6 Å². The summed E-state index contributed by atoms with van der Waals surface area (Å²) in [7, 11) is 0. The second-order valence-corrected chi connectivity index (χ2v) is 5.85. The molecule has 2 saturated heterocycles. The number of benzene rings is 1. The number of nitrogens with one attached hydrogen (secondary N) is 2. The number of carbonyl (C=O) groups is 1. The van der Waals surface area contributed by atoms with Gasteiger partial charge in [0.1, 0.15) is 0 Å². The first-order valence-corrected chi connectivity index (χ1v) is 7.41. The highest BCUT2D eigenvalue weighted by Crippen LogP contribution is 2.34. The van der Waals surface area contributed by atoms with E-state index in [0.717, 1.165) is 25.3 Å². The standard InChI is InChI=1S/C15H18F3N3O/c16-15(17,18)12-3-1-2-4-13(12)20-14(22)21-8-7-10-5-6-11(9-21)19-10/h1-4,10-11,19H,5-9H2,(H,20,22). The molecule has 1 aromatic carbocycles. The number of nitrogens with zero attached hydrogens (tertiary/aromatic N) is 1. The Morgan fingerprint density at radius 3 is 2.68 bits per heavy atom. The van der Waals surface area contributed by atoms with Crippen molar-refractivity contribution in [1.82, 2.24) is 10.2 Å². The normalized spacial score (nSPS) is 25.0. The van der Waals surface area contributed by atoms with E-state index < -0.39 is 17.8 Å². The van der Waals surface area contributed by atoms with Gasteiger partial charge in [-0.25, -0.2) is 4.79 Å². The molecular weight excluding hydrogens is 295 g/mol. The number of anilines is 1. The van der Waals surface area contributed by atoms with Crippen LogP contribution in [0.2, 0.25) is 0 Å². The van der Waals surface area contributed by atoms with Crippen molar-refractivity contribution < 1.29 is 18.0 Å². The minimum absolute atomic E-state index is 0.192. The van der Waals surface area contributed by atoms with Crippen LogP contribution in [0.1, 0.15) is 24.8 Å². The zero-order valence-electron chi connectivity index (χ0n) is 12.0. The van der Waals surface area contributed by atoms with Crippen LogP contribution in [0.25, 0.3) is 0 Å². The van der Waals surface area contributed by atoms with Crippen LogP contribution in [-0.4, -0.2) is 36.1 Å². The molecule has 4 nitrogen and oxygen atoms in total. The van der Waals surface area contributed by atoms with E-state index in [1.54, 1.807) is 4.90 Å². The van der Waals surface area contributed by atoms with Gasteiger partial charge < -0.3 is 15.5 Å². The van der Waals surface area contributed by atoms with Gasteiger partial charge in [-0.2, -0.15) is 13.2 Å². The average Bonchev–Trinajstić information content (AvgIpc) is 2.77. The average molecular weight is 313 g/mol. The summed E-state index contributed by atoms with van der Waals surface area (Å²) in [6.07, 6.45) is -1.53. The summed E-state index contributed by atoms with van der Waals surface area (Å²) >= 11 is 0. The number of likely N-dealkylation sites (tertiary alicyclic amines) is 1. The van der Waals surface area contributed by atoms with E-state index in [0.29, 0.717) is 19.1 Å². The molecule has 2 aliphatic heterocycles. The maximum absolute atomic E-state index is 13.0. The largest absolute Gasteiger partial charge is 0.418 e. The number of fused-ring (bicyclic) bond motifs is 2. The van der Waals surface area contributed by atoms with Gasteiger partial charge in [-0.1, -0.05) is 12.1 Å². The Bertz CT molecular complexity index is 561. The van der Waals surface area contributed by atoms with Gasteiger partial charge in [0.25, 0.3) is 0 Å². The highest BCUT2D eigenvalue weighted by molar-refractivity contribution is 5.90. The second kappa shape index (κ2) is 5.79. The summed E-state index contributed by atoms with van der Waals surface area (Å²) in [5, 5.41) is 5.85. The van der Waals surface area contributed by atoms with Gasteiger partial charge in [-0.15, -0.1) is 0 Å². The Balaban J connectivity index is 1.72. The third-order valence-electron chi connectivity index (χ3n) is 4.28. The molecule has 2 amide bonds. The Morgan fingerprint density at radius 1 is 1.18 bits per heavy atom. The summed E-state index contributed by atoms with van der Waals surface area (Å²) in [4.78, 5) is 13.9. The maximum atomic E-state index is 13.0. The van der Waals surface area contributed by atoms with Crippen LogP contribution in [0.4, 0.5) is 23.7 Å². The van der Waals surface area contributed by atoms with Crippen molar-refractivity contribution in [3.05, 3.63) is 29.8 Å². The SMILES string of the molecule is O=C(Nc1ccccc1C(F)(F)F)N1CCC2CCC(C1)N2. The zero-order chi connectivity index (χ0) is 15.7. The summed E-state index contributed by atoms with van der Waals surface area (Å²) in [6.45, 7) is 1.10. The molecule has 0 radical (unpaired) electrons. The lowest BCUT2D eigenvalue weighted by molar-refractivity contribution is -0.136. The Kier molecular flexibility index (Phi) is 3.99. The first kappa shape index (κ1) is 15.1. The quantitative estimate of drug-likeness (QED) is 0.837. The Labute approximate surface area is 126 Å². The molecule has 2 bridgehead atoms. The van der Waals surface area contributed by atoms with Crippen molar-refractivity contribution in [3.8, 4) is 0 Å². The molecule has 2 aliphatic rings. The lowest BCUT2D eigenvalue weighted by Gasteiger charge is -2.25. The van der Waals surface area contributed by atoms with Gasteiger partial charge in [-0.3, -0.25) is 0 Å². The minimum atomic E-state index is -4.48. The fourth-order valence-electron chi connectivity index (χ4n) is 3.16. The van der Waals surface area contributed by atoms with Crippen LogP contribution < -0.4 is 10.6 Å². The van der Waals surface area contributed by atoms with Gasteiger partial charge in [0, 0.05) is 25.2 Å². The maximum Gasteiger partial charge on any atom is 0.418 e. The lowest BCUT2D eigenvalue weighted by atomic mass is 10.1. The summed E-state index contributed by atoms with van der Waals surface area (Å²) in [6, 6.07) is 5.25. The topological polar surface area (TPSA) is 44.4 Å². The van der Waals surface area contributed by atoms with Gasteiger partial charge in [0.05, 0.1) is 11.3 Å². The highest BCUT2D eigenvalue weighted by Gasteiger charge is 2.35. The molecule has 0 aliphatic carbocycles. The van der Waals surface area contributed by atoms with E-state index in [1.807, 2.05) is 0 Å². The van der Waals surface area contributed by atoms with Crippen LogP contribution in [0.15, 0.2) is 24.3 Å². The predicted molar refractivity (Wildman–Crippen MR) is 76.6 cm³/mol. The van der Waals surface area contributed by atoms with E-state index >= 15 is 0 Å². The van der Waals surface area contributed by atoms with E-state index in [-0.39, 0.29) is 11.7 Å². The molecule has 1 aromatic rings. The van der Waals surface area contributed by atoms with Crippen LogP contribution in [-0.2, 0) is 6.18 Å². The summed E-state index contributed by atoms with van der Waals surface area (Å²) in [5.41, 5.74) is -1.01. The molecule has 120 valence electrons. The second-order valence-electron chi connectivity index (χ2n) is 5.85. The van der Waals surface area contributed by atoms with Crippen molar-refractivity contribution in [1.29, 1.82) is 0 Å². The minimum Gasteiger partial charge on any atom is -0.323 e. The number of hydrogen-bond acceptors (Lipinski definition) is 2. The van der Waals surface area contributed by atoms with Crippen LogP contribution in [0.5, 0.6) is 0 Å². The molecule has 7 heteroatoms. The number of hydrogen-bond donors (Lipinski definition) is 2. The van der Waals surface area contributed by atoms with Gasteiger partial charge >= 0.3 is 12.2 Å². The number of urea groups is 1. The highest BCUT2D eigenvalue weighted by atomic mass is 19.4. The first-order chi connectivity index (χ1) is 10.4. The fourth-order valence-corrected chi connectivity index (χ4v) is 3.16. The molecule has 2 atom stereocenters. The summed E-state index contributed by atoms with van der Waals surface area (Å²) in [5.74, 6) is 0. The molecule has 2 N–H and O–H groups in total. The molecule has 2 fully saturated rings. The number of amides is 2. The zero-order valence-corrected chi connectivity index (χ0v) is 12.0. The van der Waals surface area contributed by atoms with Gasteiger partial charge in [0.15, 0.2) is 0 Å². The molecule has 22 heavy (non-hydrogen) atoms. The van der Waals surface area contributed by atoms with Gasteiger partial charge in [-0.05, 0) is 31.4 Å². The van der Waals surface area contributed by atoms with Crippen molar-refractivity contribution in [2.45, 2.75) is 37.5 Å². The summed E-state index contributed by atoms with van der Waals surface area (Å²) < 4.78 is 38.9. The molecule has 0 aromatic heterocycles. The fraction of sp³-hybridized carbons (Fsp3) is 0.533. The monoisotopic (exact) mass is 313 g/mol. The number of carbonyl (C=O) groups excluding carboxylic acids is 1. The molecule has 0 spiro atoms. The third-order valence-corrected chi connectivity index (χ3v) is 4.28. The van der Waals surface area contributed by atoms with Crippen molar-refractivity contribution in [2.24, 2.45) is 0 Å². The molecule has 0 saturated carbocycles. The van der Waals surface area contributed by atoms with Crippen LogP contribution in [0, 0.1) is 0 Å². The van der Waals surface area contributed by atoms with E-state index in [4.69, 9.17) is 0 Å². The number of halogens is 3. The van der Waals surface area contributed by atoms with E-state index in [9.17, 15) is 18.0 Å².